The number of carbonyl (C=O) groups excluding carboxylic acids is 1. The van der Waals surface area contributed by atoms with E-state index in [1.807, 2.05) is 30.1 Å². The quantitative estimate of drug-likeness (QED) is 0.902. The van der Waals surface area contributed by atoms with E-state index in [0.29, 0.717) is 17.7 Å². The number of aryl methyl sites for hydroxylation is 1. The van der Waals surface area contributed by atoms with Crippen molar-refractivity contribution in [3.05, 3.63) is 22.5 Å². The molecule has 1 N–H and O–H groups in total. The molecular weight excluding hydrogens is 320 g/mol. The Morgan fingerprint density at radius 2 is 2.05 bits per heavy atom. The van der Waals surface area contributed by atoms with Crippen LogP contribution in [0.5, 0.6) is 0 Å². The first-order valence-electron chi connectivity index (χ1n) is 7.29. The maximum Gasteiger partial charge on any atom is 0.323 e. The van der Waals surface area contributed by atoms with Gasteiger partial charge in [-0.3, -0.25) is 10.00 Å². The van der Waals surface area contributed by atoms with Gasteiger partial charge in [0.25, 0.3) is 0 Å². The van der Waals surface area contributed by atoms with Crippen LogP contribution in [0.15, 0.2) is 18.2 Å². The summed E-state index contributed by atoms with van der Waals surface area (Å²) in [5.41, 5.74) is 0.817. The molecule has 5 nitrogen and oxygen atoms in total. The van der Waals surface area contributed by atoms with Crippen LogP contribution in [0.4, 0.5) is 10.6 Å². The normalized spacial score (nSPS) is 21.4. The highest BCUT2D eigenvalue weighted by molar-refractivity contribution is 7.19. The van der Waals surface area contributed by atoms with Crippen LogP contribution in [0.1, 0.15) is 13.8 Å². The van der Waals surface area contributed by atoms with Gasteiger partial charge in [0, 0.05) is 26.2 Å². The molecule has 0 saturated carbocycles. The van der Waals surface area contributed by atoms with Crippen LogP contribution in [0.3, 0.4) is 0 Å². The van der Waals surface area contributed by atoms with E-state index in [1.165, 1.54) is 11.3 Å². The minimum absolute atomic E-state index is 0.0602. The Bertz CT molecular complexity index is 686. The molecule has 22 heavy (non-hydrogen) atoms. The average Bonchev–Trinajstić information content (AvgIpc) is 3.12. The molecule has 0 radical (unpaired) electrons. The van der Waals surface area contributed by atoms with Crippen LogP contribution in [0.2, 0.25) is 4.34 Å². The van der Waals surface area contributed by atoms with Crippen LogP contribution in [0, 0.1) is 11.8 Å². The highest BCUT2D eigenvalue weighted by Crippen LogP contribution is 2.31. The van der Waals surface area contributed by atoms with Gasteiger partial charge in [-0.15, -0.1) is 11.3 Å². The summed E-state index contributed by atoms with van der Waals surface area (Å²) < 4.78 is 2.41. The van der Waals surface area contributed by atoms with Crippen molar-refractivity contribution < 1.29 is 4.79 Å². The summed E-state index contributed by atoms with van der Waals surface area (Å²) in [5, 5.41) is 7.39. The van der Waals surface area contributed by atoms with Crippen molar-refractivity contribution >= 4 is 34.8 Å². The minimum Gasteiger partial charge on any atom is -0.324 e. The summed E-state index contributed by atoms with van der Waals surface area (Å²) >= 11 is 7.44. The first kappa shape index (κ1) is 15.4. The number of carbonyl (C=O) groups is 1. The van der Waals surface area contributed by atoms with Crippen molar-refractivity contribution in [1.82, 2.24) is 14.7 Å². The molecule has 2 aromatic rings. The molecule has 0 bridgehead atoms. The van der Waals surface area contributed by atoms with Crippen LogP contribution in [-0.2, 0) is 7.05 Å². The molecule has 7 heteroatoms. The highest BCUT2D eigenvalue weighted by atomic mass is 35.5. The minimum atomic E-state index is -0.0602. The topological polar surface area (TPSA) is 50.2 Å². The standard InChI is InChI=1S/C15H19ClN4OS/c1-9-7-20(8-10(9)2)15(21)17-14-6-11(18-19(14)3)12-4-5-13(16)22-12/h4-6,9-10H,7-8H2,1-3H3,(H,17,21). The molecule has 3 heterocycles. The lowest BCUT2D eigenvalue weighted by atomic mass is 10.0. The lowest BCUT2D eigenvalue weighted by Crippen LogP contribution is -2.33. The molecule has 0 aliphatic carbocycles. The first-order chi connectivity index (χ1) is 10.4. The molecule has 2 atom stereocenters. The third kappa shape index (κ3) is 2.98. The maximum absolute atomic E-state index is 12.4. The third-order valence-electron chi connectivity index (χ3n) is 4.22. The number of nitrogens with one attached hydrogen (secondary N) is 1. The molecule has 118 valence electrons. The molecule has 3 rings (SSSR count). The molecule has 1 aliphatic rings. The maximum atomic E-state index is 12.4. The van der Waals surface area contributed by atoms with Crippen molar-refractivity contribution in [2.75, 3.05) is 18.4 Å². The number of rotatable bonds is 2. The number of nitrogens with zero attached hydrogens (tertiary/aromatic N) is 3. The molecule has 1 aliphatic heterocycles. The summed E-state index contributed by atoms with van der Waals surface area (Å²) in [7, 11) is 1.82. The van der Waals surface area contributed by atoms with Crippen molar-refractivity contribution in [2.45, 2.75) is 13.8 Å². The molecule has 1 fully saturated rings. The van der Waals surface area contributed by atoms with Crippen molar-refractivity contribution in [2.24, 2.45) is 18.9 Å². The van der Waals surface area contributed by atoms with Gasteiger partial charge in [0.15, 0.2) is 0 Å². The van der Waals surface area contributed by atoms with Gasteiger partial charge in [-0.1, -0.05) is 25.4 Å². The molecule has 2 unspecified atom stereocenters. The number of amides is 2. The number of aromatic nitrogens is 2. The van der Waals surface area contributed by atoms with Gasteiger partial charge in [-0.25, -0.2) is 4.79 Å². The van der Waals surface area contributed by atoms with E-state index in [4.69, 9.17) is 11.6 Å². The molecule has 2 aromatic heterocycles. The van der Waals surface area contributed by atoms with Crippen molar-refractivity contribution in [3.8, 4) is 10.6 Å². The van der Waals surface area contributed by atoms with Gasteiger partial charge in [-0.05, 0) is 24.0 Å². The van der Waals surface area contributed by atoms with E-state index in [2.05, 4.69) is 24.3 Å². The van der Waals surface area contributed by atoms with E-state index in [9.17, 15) is 4.79 Å². The second kappa shape index (κ2) is 5.93. The number of thiophene rings is 1. The second-order valence-corrected chi connectivity index (χ2v) is 7.65. The Hall–Kier alpha value is -1.53. The number of likely N-dealkylation sites (tertiary alicyclic amines) is 1. The highest BCUT2D eigenvalue weighted by Gasteiger charge is 2.29. The summed E-state index contributed by atoms with van der Waals surface area (Å²) in [6.07, 6.45) is 0. The number of hydrogen-bond donors (Lipinski definition) is 1. The first-order valence-corrected chi connectivity index (χ1v) is 8.49. The number of hydrogen-bond acceptors (Lipinski definition) is 3. The van der Waals surface area contributed by atoms with E-state index in [0.717, 1.165) is 28.0 Å². The summed E-state index contributed by atoms with van der Waals surface area (Å²) in [6.45, 7) is 5.97. The SMILES string of the molecule is CC1CN(C(=O)Nc2cc(-c3ccc(Cl)s3)nn2C)CC1C. The lowest BCUT2D eigenvalue weighted by Gasteiger charge is -2.16. The Labute approximate surface area is 138 Å². The van der Waals surface area contributed by atoms with E-state index < -0.39 is 0 Å². The molecule has 2 amide bonds. The number of anilines is 1. The lowest BCUT2D eigenvalue weighted by molar-refractivity contribution is 0.220. The number of halogens is 1. The zero-order valence-electron chi connectivity index (χ0n) is 12.8. The average molecular weight is 339 g/mol. The van der Waals surface area contributed by atoms with E-state index in [-0.39, 0.29) is 6.03 Å². The van der Waals surface area contributed by atoms with Crippen LogP contribution in [0.25, 0.3) is 10.6 Å². The van der Waals surface area contributed by atoms with Gasteiger partial charge >= 0.3 is 6.03 Å². The Morgan fingerprint density at radius 1 is 1.36 bits per heavy atom. The predicted molar refractivity (Wildman–Crippen MR) is 90.5 cm³/mol. The zero-order chi connectivity index (χ0) is 15.9. The van der Waals surface area contributed by atoms with Gasteiger partial charge < -0.3 is 4.90 Å². The van der Waals surface area contributed by atoms with Gasteiger partial charge in [0.2, 0.25) is 0 Å². The summed E-state index contributed by atoms with van der Waals surface area (Å²) in [5.74, 6) is 1.78. The molecule has 0 spiro atoms. The van der Waals surface area contributed by atoms with Gasteiger partial charge in [-0.2, -0.15) is 5.10 Å². The third-order valence-corrected chi connectivity index (χ3v) is 5.47. The fraction of sp³-hybridized carbons (Fsp3) is 0.467. The Balaban J connectivity index is 1.73. The molecular formula is C15H19ClN4OS. The Morgan fingerprint density at radius 3 is 2.64 bits per heavy atom. The van der Waals surface area contributed by atoms with Gasteiger partial charge in [0.05, 0.1) is 9.21 Å². The smallest absolute Gasteiger partial charge is 0.323 e. The van der Waals surface area contributed by atoms with E-state index in [1.54, 1.807) is 4.68 Å². The van der Waals surface area contributed by atoms with Crippen LogP contribution in [-0.4, -0.2) is 33.8 Å². The Kier molecular flexibility index (Phi) is 4.14. The van der Waals surface area contributed by atoms with Crippen molar-refractivity contribution in [3.63, 3.8) is 0 Å². The van der Waals surface area contributed by atoms with Crippen molar-refractivity contribution in [1.29, 1.82) is 0 Å². The summed E-state index contributed by atoms with van der Waals surface area (Å²) in [4.78, 5) is 15.2. The number of urea groups is 1. The predicted octanol–water partition coefficient (Wildman–Crippen LogP) is 3.92. The fourth-order valence-corrected chi connectivity index (χ4v) is 3.64. The van der Waals surface area contributed by atoms with E-state index >= 15 is 0 Å². The van der Waals surface area contributed by atoms with Crippen LogP contribution < -0.4 is 5.32 Å². The van der Waals surface area contributed by atoms with Crippen LogP contribution >= 0.6 is 22.9 Å². The monoisotopic (exact) mass is 338 g/mol. The molecule has 0 aromatic carbocycles. The van der Waals surface area contributed by atoms with Gasteiger partial charge in [0.1, 0.15) is 11.5 Å². The largest absolute Gasteiger partial charge is 0.324 e. The molecule has 1 saturated heterocycles. The second-order valence-electron chi connectivity index (χ2n) is 5.93. The fourth-order valence-electron chi connectivity index (χ4n) is 2.64. The summed E-state index contributed by atoms with van der Waals surface area (Å²) in [6, 6.07) is 5.60. The zero-order valence-corrected chi connectivity index (χ0v) is 14.4.